The molecule has 0 unspecified atom stereocenters. The molecular formula is C12H12N2O2. The van der Waals surface area contributed by atoms with Crippen LogP contribution in [-0.4, -0.2) is 17.2 Å². The van der Waals surface area contributed by atoms with Crippen molar-refractivity contribution in [3.63, 3.8) is 0 Å². The number of benzene rings is 1. The van der Waals surface area contributed by atoms with Crippen LogP contribution >= 0.6 is 0 Å². The summed E-state index contributed by atoms with van der Waals surface area (Å²) in [5.74, 6) is 0. The highest BCUT2D eigenvalue weighted by Gasteiger charge is 2.19. The highest BCUT2D eigenvalue weighted by atomic mass is 16.4. The normalized spacial score (nSPS) is 18.3. The monoisotopic (exact) mass is 216 g/mol. The van der Waals surface area contributed by atoms with Gasteiger partial charge in [-0.25, -0.2) is 4.79 Å². The van der Waals surface area contributed by atoms with E-state index in [2.05, 4.69) is 11.4 Å². The topological polar surface area (TPSA) is 73.1 Å². The van der Waals surface area contributed by atoms with Gasteiger partial charge in [0.05, 0.1) is 11.6 Å². The molecule has 1 amide bonds. The summed E-state index contributed by atoms with van der Waals surface area (Å²) in [7, 11) is 0. The Morgan fingerprint density at radius 1 is 1.50 bits per heavy atom. The quantitative estimate of drug-likeness (QED) is 0.750. The molecule has 1 atom stereocenters. The van der Waals surface area contributed by atoms with E-state index in [4.69, 9.17) is 10.4 Å². The largest absolute Gasteiger partial charge is 0.465 e. The van der Waals surface area contributed by atoms with Gasteiger partial charge in [-0.1, -0.05) is 6.07 Å². The standard InChI is InChI=1S/C12H12N2O2/c13-7-8-1-2-10-6-11(14-12(15)16)4-3-9(10)5-8/h1-2,5,11,14H,3-4,6H2,(H,15,16)/t11-/m0/s1. The highest BCUT2D eigenvalue weighted by Crippen LogP contribution is 2.22. The first-order valence-electron chi connectivity index (χ1n) is 5.20. The Kier molecular flexibility index (Phi) is 2.78. The van der Waals surface area contributed by atoms with Gasteiger partial charge in [-0.2, -0.15) is 5.26 Å². The van der Waals surface area contributed by atoms with E-state index in [1.54, 1.807) is 6.07 Å². The summed E-state index contributed by atoms with van der Waals surface area (Å²) in [5, 5.41) is 19.9. The number of aryl methyl sites for hydroxylation is 1. The van der Waals surface area contributed by atoms with Crippen LogP contribution in [0, 0.1) is 11.3 Å². The minimum Gasteiger partial charge on any atom is -0.465 e. The van der Waals surface area contributed by atoms with Gasteiger partial charge in [0, 0.05) is 6.04 Å². The fourth-order valence-corrected chi connectivity index (χ4v) is 2.12. The van der Waals surface area contributed by atoms with Crippen LogP contribution in [0.3, 0.4) is 0 Å². The predicted molar refractivity (Wildman–Crippen MR) is 58.1 cm³/mol. The second-order valence-electron chi connectivity index (χ2n) is 3.98. The third kappa shape index (κ3) is 2.14. The van der Waals surface area contributed by atoms with E-state index in [0.29, 0.717) is 12.0 Å². The molecule has 0 spiro atoms. The third-order valence-electron chi connectivity index (χ3n) is 2.89. The molecule has 0 radical (unpaired) electrons. The maximum absolute atomic E-state index is 10.5. The number of hydrogen-bond acceptors (Lipinski definition) is 2. The number of hydrogen-bond donors (Lipinski definition) is 2. The lowest BCUT2D eigenvalue weighted by atomic mass is 9.87. The average molecular weight is 216 g/mol. The van der Waals surface area contributed by atoms with Gasteiger partial charge < -0.3 is 10.4 Å². The Morgan fingerprint density at radius 2 is 2.31 bits per heavy atom. The van der Waals surface area contributed by atoms with E-state index in [1.807, 2.05) is 12.1 Å². The summed E-state index contributed by atoms with van der Waals surface area (Å²) in [6.45, 7) is 0. The van der Waals surface area contributed by atoms with Crippen molar-refractivity contribution in [2.75, 3.05) is 0 Å². The number of fused-ring (bicyclic) bond motifs is 1. The maximum Gasteiger partial charge on any atom is 0.404 e. The van der Waals surface area contributed by atoms with Crippen LogP contribution in [0.25, 0.3) is 0 Å². The van der Waals surface area contributed by atoms with Crippen LogP contribution in [0.1, 0.15) is 23.1 Å². The minimum atomic E-state index is -0.970. The molecule has 0 heterocycles. The van der Waals surface area contributed by atoms with Crippen molar-refractivity contribution in [3.8, 4) is 6.07 Å². The highest BCUT2D eigenvalue weighted by molar-refractivity contribution is 5.65. The zero-order chi connectivity index (χ0) is 11.5. The first kappa shape index (κ1) is 10.5. The van der Waals surface area contributed by atoms with Crippen molar-refractivity contribution < 1.29 is 9.90 Å². The molecule has 1 aliphatic carbocycles. The van der Waals surface area contributed by atoms with Crippen LogP contribution in [0.4, 0.5) is 4.79 Å². The van der Waals surface area contributed by atoms with Gasteiger partial charge in [0.1, 0.15) is 0 Å². The molecule has 0 fully saturated rings. The number of nitrogens with one attached hydrogen (secondary N) is 1. The zero-order valence-corrected chi connectivity index (χ0v) is 8.73. The van der Waals surface area contributed by atoms with Crippen LogP contribution < -0.4 is 5.32 Å². The van der Waals surface area contributed by atoms with Crippen LogP contribution in [-0.2, 0) is 12.8 Å². The third-order valence-corrected chi connectivity index (χ3v) is 2.89. The molecule has 4 heteroatoms. The van der Waals surface area contributed by atoms with Gasteiger partial charge in [0.15, 0.2) is 0 Å². The Morgan fingerprint density at radius 3 is 3.00 bits per heavy atom. The van der Waals surface area contributed by atoms with Gasteiger partial charge in [0.2, 0.25) is 0 Å². The summed E-state index contributed by atoms with van der Waals surface area (Å²) < 4.78 is 0. The van der Waals surface area contributed by atoms with E-state index in [9.17, 15) is 4.79 Å². The van der Waals surface area contributed by atoms with Gasteiger partial charge >= 0.3 is 6.09 Å². The second-order valence-corrected chi connectivity index (χ2v) is 3.98. The Balaban J connectivity index is 2.16. The number of carbonyl (C=O) groups is 1. The van der Waals surface area contributed by atoms with Crippen molar-refractivity contribution in [2.45, 2.75) is 25.3 Å². The van der Waals surface area contributed by atoms with Crippen LogP contribution in [0.15, 0.2) is 18.2 Å². The molecule has 0 saturated carbocycles. The van der Waals surface area contributed by atoms with Crippen molar-refractivity contribution in [1.82, 2.24) is 5.32 Å². The molecule has 1 aromatic carbocycles. The molecular weight excluding hydrogens is 204 g/mol. The van der Waals surface area contributed by atoms with Crippen LogP contribution in [0.2, 0.25) is 0 Å². The number of carboxylic acid groups (broad SMARTS) is 1. The molecule has 2 N–H and O–H groups in total. The first-order chi connectivity index (χ1) is 7.69. The summed E-state index contributed by atoms with van der Waals surface area (Å²) in [4.78, 5) is 10.5. The number of nitrogens with zero attached hydrogens (tertiary/aromatic N) is 1. The SMILES string of the molecule is N#Cc1ccc2c(c1)CC[C@H](NC(=O)O)C2. The molecule has 0 bridgehead atoms. The Labute approximate surface area is 93.5 Å². The molecule has 0 aromatic heterocycles. The fraction of sp³-hybridized carbons (Fsp3) is 0.333. The van der Waals surface area contributed by atoms with Crippen molar-refractivity contribution >= 4 is 6.09 Å². The summed E-state index contributed by atoms with van der Waals surface area (Å²) in [6.07, 6.45) is 1.37. The Hall–Kier alpha value is -2.02. The lowest BCUT2D eigenvalue weighted by molar-refractivity contribution is 0.188. The second kappa shape index (κ2) is 4.23. The number of nitriles is 1. The fourth-order valence-electron chi connectivity index (χ4n) is 2.12. The molecule has 16 heavy (non-hydrogen) atoms. The smallest absolute Gasteiger partial charge is 0.404 e. The lowest BCUT2D eigenvalue weighted by Crippen LogP contribution is -2.37. The van der Waals surface area contributed by atoms with Crippen LogP contribution in [0.5, 0.6) is 0 Å². The average Bonchev–Trinajstić information content (AvgIpc) is 2.27. The van der Waals surface area contributed by atoms with Gasteiger partial charge in [-0.3, -0.25) is 0 Å². The van der Waals surface area contributed by atoms with E-state index < -0.39 is 6.09 Å². The molecule has 1 aliphatic rings. The summed E-state index contributed by atoms with van der Waals surface area (Å²) >= 11 is 0. The molecule has 82 valence electrons. The first-order valence-corrected chi connectivity index (χ1v) is 5.20. The lowest BCUT2D eigenvalue weighted by Gasteiger charge is -2.24. The molecule has 1 aromatic rings. The van der Waals surface area contributed by atoms with E-state index in [0.717, 1.165) is 18.4 Å². The predicted octanol–water partition coefficient (Wildman–Crippen LogP) is 1.68. The molecule has 0 saturated heterocycles. The van der Waals surface area contributed by atoms with Gasteiger partial charge in [-0.15, -0.1) is 0 Å². The van der Waals surface area contributed by atoms with E-state index >= 15 is 0 Å². The zero-order valence-electron chi connectivity index (χ0n) is 8.73. The van der Waals surface area contributed by atoms with E-state index in [-0.39, 0.29) is 6.04 Å². The Bertz CT molecular complexity index is 463. The molecule has 4 nitrogen and oxygen atoms in total. The minimum absolute atomic E-state index is 0.00191. The number of rotatable bonds is 1. The number of amides is 1. The van der Waals surface area contributed by atoms with Gasteiger partial charge in [-0.05, 0) is 42.5 Å². The molecule has 2 rings (SSSR count). The van der Waals surface area contributed by atoms with Crippen molar-refractivity contribution in [1.29, 1.82) is 5.26 Å². The maximum atomic E-state index is 10.5. The summed E-state index contributed by atoms with van der Waals surface area (Å²) in [6, 6.07) is 7.70. The van der Waals surface area contributed by atoms with Gasteiger partial charge in [0.25, 0.3) is 0 Å². The molecule has 0 aliphatic heterocycles. The summed E-state index contributed by atoms with van der Waals surface area (Å²) in [5.41, 5.74) is 2.98. The van der Waals surface area contributed by atoms with Crippen molar-refractivity contribution in [2.24, 2.45) is 0 Å². The van der Waals surface area contributed by atoms with Crippen molar-refractivity contribution in [3.05, 3.63) is 34.9 Å². The van der Waals surface area contributed by atoms with E-state index in [1.165, 1.54) is 5.56 Å².